The largest absolute Gasteiger partial charge is 0.468 e. The highest BCUT2D eigenvalue weighted by molar-refractivity contribution is 6.25. The summed E-state index contributed by atoms with van der Waals surface area (Å²) in [5.41, 5.74) is -4.14. The smallest absolute Gasteiger partial charge is 0.321 e. The molecular weight excluding hydrogens is 408 g/mol. The van der Waals surface area contributed by atoms with E-state index >= 15 is 0 Å². The maximum absolute atomic E-state index is 14.0. The van der Waals surface area contributed by atoms with Crippen molar-refractivity contribution in [2.24, 2.45) is 44.8 Å². The van der Waals surface area contributed by atoms with Crippen molar-refractivity contribution >= 4 is 23.5 Å². The van der Waals surface area contributed by atoms with E-state index in [9.17, 15) is 19.2 Å². The number of carbonyl (C=O) groups excluding carboxylic acids is 4. The number of hydrogen-bond donors (Lipinski definition) is 0. The van der Waals surface area contributed by atoms with Gasteiger partial charge in [-0.05, 0) is 57.8 Å². The Bertz CT molecular complexity index is 1010. The summed E-state index contributed by atoms with van der Waals surface area (Å²) >= 11 is 0. The minimum Gasteiger partial charge on any atom is -0.468 e. The SMILES string of the molecule is COC(=O)C12C(=O)C(C)C(=O)C1(C)C(C)=CC1C34CCC(OC3=O)C(C)(C)C4CCC12C. The second-order valence-electron chi connectivity index (χ2n) is 11.9. The summed E-state index contributed by atoms with van der Waals surface area (Å²) in [5.74, 6) is -2.60. The van der Waals surface area contributed by atoms with Crippen LogP contribution in [-0.4, -0.2) is 36.7 Å². The van der Waals surface area contributed by atoms with Crippen LogP contribution >= 0.6 is 0 Å². The molecule has 2 aliphatic heterocycles. The fourth-order valence-corrected chi connectivity index (χ4v) is 9.31. The van der Waals surface area contributed by atoms with E-state index in [4.69, 9.17) is 9.47 Å². The molecule has 3 saturated carbocycles. The van der Waals surface area contributed by atoms with Crippen molar-refractivity contribution in [3.05, 3.63) is 11.6 Å². The Hall–Kier alpha value is -1.98. The number of Topliss-reactive ketones (excluding diaryl/α,β-unsaturated/α-hetero) is 2. The van der Waals surface area contributed by atoms with Crippen LogP contribution in [0.25, 0.3) is 0 Å². The van der Waals surface area contributed by atoms with E-state index in [1.54, 1.807) is 13.8 Å². The van der Waals surface area contributed by atoms with Crippen molar-refractivity contribution in [1.82, 2.24) is 0 Å². The zero-order chi connectivity index (χ0) is 23.6. The fraction of sp³-hybridized carbons (Fsp3) is 0.769. The molecule has 8 atom stereocenters. The van der Waals surface area contributed by atoms with E-state index in [-0.39, 0.29) is 40.9 Å². The average molecular weight is 443 g/mol. The van der Waals surface area contributed by atoms with Crippen LogP contribution in [0.2, 0.25) is 0 Å². The first kappa shape index (κ1) is 21.8. The predicted octanol–water partition coefficient (Wildman–Crippen LogP) is 3.66. The summed E-state index contributed by atoms with van der Waals surface area (Å²) < 4.78 is 11.3. The van der Waals surface area contributed by atoms with Crippen LogP contribution in [0.4, 0.5) is 0 Å². The highest BCUT2D eigenvalue weighted by Crippen LogP contribution is 2.77. The number of esters is 2. The number of ether oxygens (including phenoxy) is 2. The molecule has 1 spiro atoms. The first-order valence-corrected chi connectivity index (χ1v) is 11.9. The number of carbonyl (C=O) groups is 4. The van der Waals surface area contributed by atoms with Crippen LogP contribution in [0.1, 0.15) is 67.2 Å². The van der Waals surface area contributed by atoms with Crippen LogP contribution in [0, 0.1) is 44.8 Å². The van der Waals surface area contributed by atoms with Crippen molar-refractivity contribution in [2.45, 2.75) is 73.3 Å². The Morgan fingerprint density at radius 2 is 1.72 bits per heavy atom. The molecule has 2 heterocycles. The van der Waals surface area contributed by atoms with Crippen LogP contribution in [0.3, 0.4) is 0 Å². The molecule has 8 unspecified atom stereocenters. The van der Waals surface area contributed by atoms with Gasteiger partial charge in [0.2, 0.25) is 0 Å². The molecule has 4 aliphatic carbocycles. The fourth-order valence-electron chi connectivity index (χ4n) is 9.31. The topological polar surface area (TPSA) is 86.7 Å². The van der Waals surface area contributed by atoms with Crippen molar-refractivity contribution in [3.63, 3.8) is 0 Å². The average Bonchev–Trinajstić information content (AvgIpc) is 2.90. The monoisotopic (exact) mass is 442 g/mol. The molecule has 5 fully saturated rings. The Morgan fingerprint density at radius 3 is 2.31 bits per heavy atom. The van der Waals surface area contributed by atoms with E-state index in [1.807, 2.05) is 13.8 Å². The van der Waals surface area contributed by atoms with Gasteiger partial charge in [0.25, 0.3) is 0 Å². The number of ketones is 2. The first-order chi connectivity index (χ1) is 14.8. The number of allylic oxidation sites excluding steroid dienone is 2. The Balaban J connectivity index is 1.85. The molecule has 174 valence electrons. The van der Waals surface area contributed by atoms with Crippen LogP contribution < -0.4 is 0 Å². The summed E-state index contributed by atoms with van der Waals surface area (Å²) in [4.78, 5) is 54.9. The minimum absolute atomic E-state index is 0.0980. The highest BCUT2D eigenvalue weighted by atomic mass is 16.6. The van der Waals surface area contributed by atoms with E-state index < -0.39 is 33.5 Å². The third-order valence-electron chi connectivity index (χ3n) is 10.9. The number of hydrogen-bond acceptors (Lipinski definition) is 6. The lowest BCUT2D eigenvalue weighted by molar-refractivity contribution is -0.261. The molecule has 2 bridgehead atoms. The van der Waals surface area contributed by atoms with E-state index in [2.05, 4.69) is 19.9 Å². The van der Waals surface area contributed by atoms with Gasteiger partial charge in [0.05, 0.1) is 23.9 Å². The zero-order valence-corrected chi connectivity index (χ0v) is 20.2. The summed E-state index contributed by atoms with van der Waals surface area (Å²) in [6.45, 7) is 11.5. The normalized spacial score (nSPS) is 50.7. The molecule has 6 nitrogen and oxygen atoms in total. The maximum atomic E-state index is 14.0. The molecule has 0 aromatic rings. The Morgan fingerprint density at radius 1 is 1.06 bits per heavy atom. The van der Waals surface area contributed by atoms with E-state index in [1.165, 1.54) is 7.11 Å². The zero-order valence-electron chi connectivity index (χ0n) is 20.2. The van der Waals surface area contributed by atoms with E-state index in [0.29, 0.717) is 24.8 Å². The molecule has 32 heavy (non-hydrogen) atoms. The van der Waals surface area contributed by atoms with Crippen molar-refractivity contribution in [3.8, 4) is 0 Å². The maximum Gasteiger partial charge on any atom is 0.321 e. The molecule has 0 aromatic heterocycles. The molecule has 2 saturated heterocycles. The molecule has 6 aliphatic rings. The molecule has 0 N–H and O–H groups in total. The quantitative estimate of drug-likeness (QED) is 0.350. The molecule has 6 heteroatoms. The molecule has 6 rings (SSSR count). The lowest BCUT2D eigenvalue weighted by Gasteiger charge is -2.70. The van der Waals surface area contributed by atoms with Gasteiger partial charge in [-0.2, -0.15) is 0 Å². The van der Waals surface area contributed by atoms with Crippen LogP contribution in [0.15, 0.2) is 11.6 Å². The Kier molecular flexibility index (Phi) is 4.04. The van der Waals surface area contributed by atoms with Crippen molar-refractivity contribution < 1.29 is 28.7 Å². The molecule has 0 aromatic carbocycles. The molecular formula is C26H34O6. The number of rotatable bonds is 1. The van der Waals surface area contributed by atoms with Gasteiger partial charge >= 0.3 is 11.9 Å². The first-order valence-electron chi connectivity index (χ1n) is 11.9. The number of fused-ring (bicyclic) bond motifs is 5. The van der Waals surface area contributed by atoms with Crippen molar-refractivity contribution in [1.29, 1.82) is 0 Å². The lowest BCUT2D eigenvalue weighted by Crippen LogP contribution is -2.74. The standard InChI is InChI=1S/C26H34O6/c1-13-12-16-23(5,26(21(30)31-7)19(28)14(2)18(27)24(13,26)6)10-8-15-22(3,4)17-9-11-25(15,16)20(29)32-17/h12,14-17H,8-11H2,1-7H3. The molecule has 0 radical (unpaired) electrons. The third-order valence-corrected chi connectivity index (χ3v) is 10.9. The van der Waals surface area contributed by atoms with Gasteiger partial charge < -0.3 is 9.47 Å². The van der Waals surface area contributed by atoms with Gasteiger partial charge in [0.15, 0.2) is 11.6 Å². The predicted molar refractivity (Wildman–Crippen MR) is 115 cm³/mol. The molecule has 0 amide bonds. The highest BCUT2D eigenvalue weighted by Gasteiger charge is 2.84. The van der Waals surface area contributed by atoms with Gasteiger partial charge in [-0.15, -0.1) is 0 Å². The van der Waals surface area contributed by atoms with Crippen molar-refractivity contribution in [2.75, 3.05) is 7.11 Å². The number of methoxy groups -OCH3 is 1. The summed E-state index contributed by atoms with van der Waals surface area (Å²) in [7, 11) is 1.29. The Labute approximate surface area is 189 Å². The lowest BCUT2D eigenvalue weighted by atomic mass is 9.33. The van der Waals surface area contributed by atoms with Gasteiger partial charge in [0.1, 0.15) is 11.5 Å². The minimum atomic E-state index is -1.65. The summed E-state index contributed by atoms with van der Waals surface area (Å²) in [5, 5.41) is 0. The summed E-state index contributed by atoms with van der Waals surface area (Å²) in [6.07, 6.45) is 4.70. The van der Waals surface area contributed by atoms with Gasteiger partial charge in [0, 0.05) is 11.3 Å². The second-order valence-corrected chi connectivity index (χ2v) is 11.9. The van der Waals surface area contributed by atoms with Gasteiger partial charge in [-0.3, -0.25) is 19.2 Å². The van der Waals surface area contributed by atoms with Crippen LogP contribution in [-0.2, 0) is 28.7 Å². The van der Waals surface area contributed by atoms with Gasteiger partial charge in [-0.1, -0.05) is 32.4 Å². The van der Waals surface area contributed by atoms with E-state index in [0.717, 1.165) is 6.42 Å². The van der Waals surface area contributed by atoms with Gasteiger partial charge in [-0.25, -0.2) is 0 Å². The van der Waals surface area contributed by atoms with Crippen LogP contribution in [0.5, 0.6) is 0 Å². The second kappa shape index (κ2) is 5.92. The summed E-state index contributed by atoms with van der Waals surface area (Å²) in [6, 6.07) is 0. The third kappa shape index (κ3) is 1.82.